The topological polar surface area (TPSA) is 38.2 Å². The van der Waals surface area contributed by atoms with Gasteiger partial charge in [0.05, 0.1) is 0 Å². The second-order valence-electron chi connectivity index (χ2n) is 1.55. The van der Waals surface area contributed by atoms with E-state index in [-0.39, 0.29) is 6.29 Å². The summed E-state index contributed by atoms with van der Waals surface area (Å²) in [5.74, 6) is 0. The van der Waals surface area contributed by atoms with Gasteiger partial charge in [-0.25, -0.2) is 5.32 Å². The first-order valence-electron chi connectivity index (χ1n) is 2.51. The van der Waals surface area contributed by atoms with Gasteiger partial charge in [0, 0.05) is 13.1 Å². The fraction of sp³-hybridized carbons (Fsp3) is 1.00. The lowest BCUT2D eigenvalue weighted by Gasteiger charge is -2.04. The molecule has 0 spiro atoms. The number of hydrogen-bond acceptors (Lipinski definition) is 2. The molecule has 41 valence electrons. The van der Waals surface area contributed by atoms with Gasteiger partial charge in [0.25, 0.3) is 0 Å². The van der Waals surface area contributed by atoms with E-state index in [9.17, 15) is 0 Å². The standard InChI is InChI=1S/C4H10N3/c1-5-4-6-2-3-7-4/h4-6H,2-3H2,1H3. The Morgan fingerprint density at radius 3 is 3.00 bits per heavy atom. The first-order chi connectivity index (χ1) is 3.43. The molecule has 1 rings (SSSR count). The fourth-order valence-corrected chi connectivity index (χ4v) is 0.653. The van der Waals surface area contributed by atoms with Crippen molar-refractivity contribution in [1.29, 1.82) is 0 Å². The normalized spacial score (nSPS) is 23.6. The van der Waals surface area contributed by atoms with E-state index in [2.05, 4.69) is 16.0 Å². The van der Waals surface area contributed by atoms with Gasteiger partial charge in [0.1, 0.15) is 6.29 Å². The molecule has 2 N–H and O–H groups in total. The molecule has 0 aromatic heterocycles. The molecule has 0 bridgehead atoms. The first kappa shape index (κ1) is 5.03. The molecule has 0 amide bonds. The van der Waals surface area contributed by atoms with Gasteiger partial charge in [-0.1, -0.05) is 0 Å². The van der Waals surface area contributed by atoms with Crippen LogP contribution in [0.15, 0.2) is 0 Å². The Morgan fingerprint density at radius 1 is 1.86 bits per heavy atom. The Kier molecular flexibility index (Phi) is 1.62. The summed E-state index contributed by atoms with van der Waals surface area (Å²) in [7, 11) is 1.90. The second kappa shape index (κ2) is 2.26. The molecule has 3 heteroatoms. The van der Waals surface area contributed by atoms with E-state index in [1.54, 1.807) is 0 Å². The molecule has 1 radical (unpaired) electrons. The quantitative estimate of drug-likeness (QED) is 0.429. The number of hydrogen-bond donors (Lipinski definition) is 2. The third-order valence-corrected chi connectivity index (χ3v) is 1.03. The Bertz CT molecular complexity index is 48.9. The summed E-state index contributed by atoms with van der Waals surface area (Å²) in [6, 6.07) is 0. The van der Waals surface area contributed by atoms with Crippen LogP contribution in [0.25, 0.3) is 0 Å². The minimum Gasteiger partial charge on any atom is -0.292 e. The van der Waals surface area contributed by atoms with Gasteiger partial charge in [-0.15, -0.1) is 0 Å². The molecule has 1 aliphatic rings. The van der Waals surface area contributed by atoms with Gasteiger partial charge in [-0.2, -0.15) is 0 Å². The first-order valence-corrected chi connectivity index (χ1v) is 2.51. The van der Waals surface area contributed by atoms with E-state index in [1.807, 2.05) is 7.05 Å². The smallest absolute Gasteiger partial charge is 0.127 e. The van der Waals surface area contributed by atoms with E-state index >= 15 is 0 Å². The molecule has 1 fully saturated rings. The van der Waals surface area contributed by atoms with Crippen LogP contribution >= 0.6 is 0 Å². The molecule has 7 heavy (non-hydrogen) atoms. The van der Waals surface area contributed by atoms with Crippen LogP contribution in [0.5, 0.6) is 0 Å². The molecule has 0 aliphatic carbocycles. The maximum absolute atomic E-state index is 4.13. The molecule has 1 heterocycles. The molecular formula is C4H10N3. The lowest BCUT2D eigenvalue weighted by molar-refractivity contribution is 0.478. The van der Waals surface area contributed by atoms with Gasteiger partial charge in [-0.05, 0) is 7.05 Å². The van der Waals surface area contributed by atoms with E-state index in [1.165, 1.54) is 0 Å². The molecular weight excluding hydrogens is 90.1 g/mol. The average Bonchev–Trinajstić information content (AvgIpc) is 2.14. The zero-order valence-corrected chi connectivity index (χ0v) is 4.44. The van der Waals surface area contributed by atoms with Gasteiger partial charge < -0.3 is 0 Å². The summed E-state index contributed by atoms with van der Waals surface area (Å²) >= 11 is 0. The summed E-state index contributed by atoms with van der Waals surface area (Å²) in [4.78, 5) is 0. The number of nitrogens with zero attached hydrogens (tertiary/aromatic N) is 1. The number of nitrogens with one attached hydrogen (secondary N) is 2. The lowest BCUT2D eigenvalue weighted by atomic mass is 10.7. The summed E-state index contributed by atoms with van der Waals surface area (Å²) in [6.45, 7) is 1.97. The Morgan fingerprint density at radius 2 is 2.71 bits per heavy atom. The van der Waals surface area contributed by atoms with Crippen LogP contribution < -0.4 is 16.0 Å². The predicted octanol–water partition coefficient (Wildman–Crippen LogP) is -1.30. The highest BCUT2D eigenvalue weighted by molar-refractivity contribution is 4.66. The van der Waals surface area contributed by atoms with Gasteiger partial charge in [0.15, 0.2) is 0 Å². The second-order valence-corrected chi connectivity index (χ2v) is 1.55. The third kappa shape index (κ3) is 1.12. The molecule has 3 nitrogen and oxygen atoms in total. The summed E-state index contributed by atoms with van der Waals surface area (Å²) in [5, 5.41) is 10.2. The molecule has 1 saturated heterocycles. The molecule has 1 aliphatic heterocycles. The van der Waals surface area contributed by atoms with Crippen LogP contribution in [0, 0.1) is 0 Å². The average molecular weight is 100 g/mol. The number of rotatable bonds is 1. The monoisotopic (exact) mass is 100 g/mol. The van der Waals surface area contributed by atoms with Crippen LogP contribution in [-0.2, 0) is 0 Å². The van der Waals surface area contributed by atoms with E-state index in [4.69, 9.17) is 0 Å². The highest BCUT2D eigenvalue weighted by Gasteiger charge is 2.09. The van der Waals surface area contributed by atoms with Crippen LogP contribution in [0.4, 0.5) is 0 Å². The zero-order valence-electron chi connectivity index (χ0n) is 4.44. The molecule has 0 saturated carbocycles. The zero-order chi connectivity index (χ0) is 5.11. The van der Waals surface area contributed by atoms with Crippen molar-refractivity contribution in [2.75, 3.05) is 20.1 Å². The Balaban J connectivity index is 2.14. The maximum Gasteiger partial charge on any atom is 0.127 e. The van der Waals surface area contributed by atoms with E-state index < -0.39 is 0 Å². The van der Waals surface area contributed by atoms with Crippen molar-refractivity contribution in [3.05, 3.63) is 0 Å². The summed E-state index contributed by atoms with van der Waals surface area (Å²) < 4.78 is 0. The van der Waals surface area contributed by atoms with Crippen LogP contribution in [-0.4, -0.2) is 26.4 Å². The Labute approximate surface area is 43.5 Å². The van der Waals surface area contributed by atoms with Gasteiger partial charge in [0.2, 0.25) is 0 Å². The minimum absolute atomic E-state index is 0.222. The molecule has 0 aromatic rings. The fourth-order valence-electron chi connectivity index (χ4n) is 0.653. The van der Waals surface area contributed by atoms with Crippen LogP contribution in [0.3, 0.4) is 0 Å². The summed E-state index contributed by atoms with van der Waals surface area (Å²) in [5.41, 5.74) is 0. The molecule has 1 atom stereocenters. The lowest BCUT2D eigenvalue weighted by Crippen LogP contribution is -2.39. The predicted molar refractivity (Wildman–Crippen MR) is 27.9 cm³/mol. The van der Waals surface area contributed by atoms with Crippen molar-refractivity contribution in [1.82, 2.24) is 16.0 Å². The van der Waals surface area contributed by atoms with Crippen molar-refractivity contribution in [2.24, 2.45) is 0 Å². The Hall–Kier alpha value is -0.120. The van der Waals surface area contributed by atoms with E-state index in [0.717, 1.165) is 13.1 Å². The SMILES string of the molecule is CNC1[N]CCN1. The van der Waals surface area contributed by atoms with Crippen molar-refractivity contribution < 1.29 is 0 Å². The maximum atomic E-state index is 4.13. The van der Waals surface area contributed by atoms with E-state index in [0.29, 0.717) is 0 Å². The van der Waals surface area contributed by atoms with Crippen molar-refractivity contribution in [2.45, 2.75) is 6.29 Å². The molecule has 1 unspecified atom stereocenters. The molecule has 0 aromatic carbocycles. The highest BCUT2D eigenvalue weighted by Crippen LogP contribution is 1.78. The van der Waals surface area contributed by atoms with Crippen LogP contribution in [0.1, 0.15) is 0 Å². The van der Waals surface area contributed by atoms with Crippen molar-refractivity contribution in [3.63, 3.8) is 0 Å². The van der Waals surface area contributed by atoms with Gasteiger partial charge in [-0.3, -0.25) is 10.6 Å². The highest BCUT2D eigenvalue weighted by atomic mass is 15.3. The third-order valence-electron chi connectivity index (χ3n) is 1.03. The van der Waals surface area contributed by atoms with Gasteiger partial charge >= 0.3 is 0 Å². The summed E-state index contributed by atoms with van der Waals surface area (Å²) in [6.07, 6.45) is 0.222. The minimum atomic E-state index is 0.222. The van der Waals surface area contributed by atoms with Crippen LogP contribution in [0.2, 0.25) is 0 Å². The largest absolute Gasteiger partial charge is 0.292 e. The van der Waals surface area contributed by atoms with Crippen molar-refractivity contribution >= 4 is 0 Å². The van der Waals surface area contributed by atoms with Crippen molar-refractivity contribution in [3.8, 4) is 0 Å².